The average molecular weight is 489 g/mol. The van der Waals surface area contributed by atoms with Crippen molar-refractivity contribution in [3.8, 4) is 0 Å². The predicted molar refractivity (Wildman–Crippen MR) is 127 cm³/mol. The molecule has 1 aliphatic heterocycles. The lowest BCUT2D eigenvalue weighted by atomic mass is 10.2. The lowest BCUT2D eigenvalue weighted by Gasteiger charge is -2.26. The van der Waals surface area contributed by atoms with Crippen LogP contribution in [-0.2, 0) is 4.74 Å². The van der Waals surface area contributed by atoms with E-state index in [1.165, 1.54) is 6.07 Å². The number of alkyl halides is 3. The quantitative estimate of drug-likeness (QED) is 0.320. The minimum absolute atomic E-state index is 0.0210. The van der Waals surface area contributed by atoms with Crippen LogP contribution in [0.2, 0.25) is 0 Å². The first-order chi connectivity index (χ1) is 14.9. The van der Waals surface area contributed by atoms with Gasteiger partial charge in [-0.1, -0.05) is 18.2 Å². The van der Waals surface area contributed by atoms with Crippen molar-refractivity contribution in [2.24, 2.45) is 0 Å². The summed E-state index contributed by atoms with van der Waals surface area (Å²) < 4.78 is 44.8. The van der Waals surface area contributed by atoms with Crippen LogP contribution >= 0.6 is 36.2 Å². The number of thiol groups is 1. The van der Waals surface area contributed by atoms with Gasteiger partial charge in [0.1, 0.15) is 0 Å². The number of hydrogen-bond acceptors (Lipinski definition) is 6. The molecule has 1 N–H and O–H groups in total. The molecule has 1 unspecified atom stereocenters. The monoisotopic (exact) mass is 488 g/mol. The van der Waals surface area contributed by atoms with E-state index >= 15 is 0 Å². The van der Waals surface area contributed by atoms with E-state index in [-0.39, 0.29) is 22.7 Å². The Bertz CT molecular complexity index is 800. The fraction of sp³-hybridized carbons (Fsp3) is 0.455. The SMILES string of the molecule is FC(F)(F)Sc1cc(S)ccc1NC(CCN1CCCOCC1)CSc1ccccc1. The first-order valence-corrected chi connectivity index (χ1v) is 12.5. The third-order valence-corrected chi connectivity index (χ3v) is 7.10. The molecular formula is C22H27F3N2OS3. The molecular weight excluding hydrogens is 461 g/mol. The van der Waals surface area contributed by atoms with Crippen LogP contribution in [0.5, 0.6) is 0 Å². The van der Waals surface area contributed by atoms with Gasteiger partial charge in [0, 0.05) is 58.4 Å². The summed E-state index contributed by atoms with van der Waals surface area (Å²) in [5, 5.41) is 3.39. The van der Waals surface area contributed by atoms with Crippen LogP contribution in [0.4, 0.5) is 18.9 Å². The fourth-order valence-corrected chi connectivity index (χ4v) is 5.29. The average Bonchev–Trinajstić information content (AvgIpc) is 3.00. The third kappa shape index (κ3) is 9.18. The summed E-state index contributed by atoms with van der Waals surface area (Å²) in [4.78, 5) is 4.18. The Morgan fingerprint density at radius 1 is 1.10 bits per heavy atom. The first kappa shape index (κ1) is 24.6. The predicted octanol–water partition coefficient (Wildman–Crippen LogP) is 6.27. The second-order valence-corrected chi connectivity index (χ2v) is 10.0. The third-order valence-electron chi connectivity index (χ3n) is 4.85. The Balaban J connectivity index is 1.70. The standard InChI is InChI=1S/C22H27F3N2OS3/c23-22(24,25)31-21-15-18(29)7-8-20(21)26-17(16-30-19-5-2-1-3-6-19)9-11-27-10-4-13-28-14-12-27/h1-3,5-8,15,17,26,29H,4,9-14,16H2. The van der Waals surface area contributed by atoms with Gasteiger partial charge >= 0.3 is 5.51 Å². The van der Waals surface area contributed by atoms with Crippen molar-refractivity contribution in [2.45, 2.75) is 39.1 Å². The summed E-state index contributed by atoms with van der Waals surface area (Å²) in [5.74, 6) is 0.757. The van der Waals surface area contributed by atoms with E-state index in [2.05, 4.69) is 35.0 Å². The highest BCUT2D eigenvalue weighted by Gasteiger charge is 2.31. The zero-order valence-corrected chi connectivity index (χ0v) is 19.6. The number of rotatable bonds is 9. The zero-order valence-electron chi connectivity index (χ0n) is 17.1. The lowest BCUT2D eigenvalue weighted by molar-refractivity contribution is -0.0328. The van der Waals surface area contributed by atoms with Crippen molar-refractivity contribution in [3.05, 3.63) is 48.5 Å². The molecule has 2 aromatic carbocycles. The molecule has 0 radical (unpaired) electrons. The van der Waals surface area contributed by atoms with E-state index in [9.17, 15) is 13.2 Å². The van der Waals surface area contributed by atoms with E-state index in [1.807, 2.05) is 18.2 Å². The molecule has 9 heteroatoms. The molecule has 0 bridgehead atoms. The normalized spacial score (nSPS) is 16.6. The molecule has 0 saturated carbocycles. The minimum Gasteiger partial charge on any atom is -0.381 e. The molecule has 0 amide bonds. The smallest absolute Gasteiger partial charge is 0.381 e. The molecule has 3 rings (SSSR count). The van der Waals surface area contributed by atoms with Gasteiger partial charge in [-0.2, -0.15) is 13.2 Å². The van der Waals surface area contributed by atoms with Crippen molar-refractivity contribution < 1.29 is 17.9 Å². The summed E-state index contributed by atoms with van der Waals surface area (Å²) in [6.45, 7) is 4.27. The number of hydrogen-bond donors (Lipinski definition) is 2. The van der Waals surface area contributed by atoms with Gasteiger partial charge in [0.2, 0.25) is 0 Å². The molecule has 2 aromatic rings. The van der Waals surface area contributed by atoms with Crippen molar-refractivity contribution in [2.75, 3.05) is 43.9 Å². The Morgan fingerprint density at radius 3 is 2.68 bits per heavy atom. The Kier molecular flexibility index (Phi) is 9.77. The van der Waals surface area contributed by atoms with Gasteiger partial charge in [0.05, 0.1) is 6.61 Å². The molecule has 1 atom stereocenters. The van der Waals surface area contributed by atoms with Crippen LogP contribution in [0.15, 0.2) is 63.2 Å². The molecule has 1 fully saturated rings. The molecule has 3 nitrogen and oxygen atoms in total. The van der Waals surface area contributed by atoms with Gasteiger partial charge in [-0.15, -0.1) is 24.4 Å². The number of benzene rings is 2. The Hall–Kier alpha value is -1.00. The van der Waals surface area contributed by atoms with Gasteiger partial charge in [0.15, 0.2) is 0 Å². The summed E-state index contributed by atoms with van der Waals surface area (Å²) in [6, 6.07) is 15.0. The number of halogens is 3. The summed E-state index contributed by atoms with van der Waals surface area (Å²) in [6.07, 6.45) is 1.84. The number of nitrogens with zero attached hydrogens (tertiary/aromatic N) is 1. The molecule has 0 spiro atoms. The number of nitrogens with one attached hydrogen (secondary N) is 1. The van der Waals surface area contributed by atoms with Crippen LogP contribution in [0.25, 0.3) is 0 Å². The fourth-order valence-electron chi connectivity index (χ4n) is 3.33. The van der Waals surface area contributed by atoms with Crippen LogP contribution in [0.1, 0.15) is 12.8 Å². The minimum atomic E-state index is -4.35. The van der Waals surface area contributed by atoms with Gasteiger partial charge in [-0.3, -0.25) is 0 Å². The topological polar surface area (TPSA) is 24.5 Å². The van der Waals surface area contributed by atoms with Crippen molar-refractivity contribution in [3.63, 3.8) is 0 Å². The highest BCUT2D eigenvalue weighted by atomic mass is 32.2. The number of anilines is 1. The molecule has 0 aromatic heterocycles. The number of thioether (sulfide) groups is 2. The molecule has 1 saturated heterocycles. The molecule has 170 valence electrons. The Morgan fingerprint density at radius 2 is 1.90 bits per heavy atom. The van der Waals surface area contributed by atoms with Crippen LogP contribution in [0.3, 0.4) is 0 Å². The molecule has 1 aliphatic rings. The Labute approximate surface area is 195 Å². The highest BCUT2D eigenvalue weighted by molar-refractivity contribution is 8.00. The van der Waals surface area contributed by atoms with Gasteiger partial charge < -0.3 is 15.0 Å². The van der Waals surface area contributed by atoms with Crippen LogP contribution in [0, 0.1) is 0 Å². The largest absolute Gasteiger partial charge is 0.446 e. The summed E-state index contributed by atoms with van der Waals surface area (Å²) in [7, 11) is 0. The van der Waals surface area contributed by atoms with Crippen molar-refractivity contribution in [1.82, 2.24) is 4.90 Å². The van der Waals surface area contributed by atoms with Gasteiger partial charge in [-0.05, 0) is 54.9 Å². The second-order valence-electron chi connectivity index (χ2n) is 7.29. The van der Waals surface area contributed by atoms with E-state index in [0.717, 1.165) is 56.3 Å². The highest BCUT2D eigenvalue weighted by Crippen LogP contribution is 2.41. The maximum Gasteiger partial charge on any atom is 0.446 e. The van der Waals surface area contributed by atoms with Crippen molar-refractivity contribution >= 4 is 41.8 Å². The van der Waals surface area contributed by atoms with E-state index in [0.29, 0.717) is 10.6 Å². The van der Waals surface area contributed by atoms with Crippen LogP contribution < -0.4 is 5.32 Å². The van der Waals surface area contributed by atoms with E-state index in [4.69, 9.17) is 4.74 Å². The van der Waals surface area contributed by atoms with E-state index < -0.39 is 5.51 Å². The van der Waals surface area contributed by atoms with Gasteiger partial charge in [0.25, 0.3) is 0 Å². The number of ether oxygens (including phenoxy) is 1. The van der Waals surface area contributed by atoms with E-state index in [1.54, 1.807) is 23.9 Å². The molecule has 31 heavy (non-hydrogen) atoms. The maximum absolute atomic E-state index is 13.1. The summed E-state index contributed by atoms with van der Waals surface area (Å²) >= 11 is 5.83. The van der Waals surface area contributed by atoms with Gasteiger partial charge in [-0.25, -0.2) is 0 Å². The second kappa shape index (κ2) is 12.3. The first-order valence-electron chi connectivity index (χ1n) is 10.2. The molecule has 0 aliphatic carbocycles. The van der Waals surface area contributed by atoms with Crippen LogP contribution in [-0.4, -0.2) is 55.1 Å². The summed E-state index contributed by atoms with van der Waals surface area (Å²) in [5.41, 5.74) is -3.85. The zero-order chi connectivity index (χ0) is 22.1. The van der Waals surface area contributed by atoms with Crippen molar-refractivity contribution in [1.29, 1.82) is 0 Å². The molecule has 1 heterocycles. The maximum atomic E-state index is 13.1. The lowest BCUT2D eigenvalue weighted by Crippen LogP contribution is -2.33.